The number of nitrogens with zero attached hydrogens (tertiary/aromatic N) is 1. The van der Waals surface area contributed by atoms with Gasteiger partial charge in [-0.2, -0.15) is 0 Å². The molecule has 6 nitrogen and oxygen atoms in total. The van der Waals surface area contributed by atoms with Crippen LogP contribution in [0.5, 0.6) is 0 Å². The molecule has 1 saturated heterocycles. The third-order valence-electron chi connectivity index (χ3n) is 4.55. The van der Waals surface area contributed by atoms with E-state index in [1.165, 1.54) is 0 Å². The van der Waals surface area contributed by atoms with Crippen LogP contribution in [0, 0.1) is 11.8 Å². The van der Waals surface area contributed by atoms with Crippen molar-refractivity contribution in [2.24, 2.45) is 11.8 Å². The van der Waals surface area contributed by atoms with Gasteiger partial charge < -0.3 is 20.4 Å². The zero-order chi connectivity index (χ0) is 14.7. The molecule has 3 unspecified atom stereocenters. The first kappa shape index (κ1) is 15.1. The van der Waals surface area contributed by atoms with E-state index in [1.807, 2.05) is 6.92 Å². The average Bonchev–Trinajstić information content (AvgIpc) is 2.96. The highest BCUT2D eigenvalue weighted by Gasteiger charge is 2.43. The monoisotopic (exact) mass is 284 g/mol. The molecule has 1 aliphatic heterocycles. The molecule has 0 radical (unpaired) electrons. The molecule has 0 aromatic carbocycles. The van der Waals surface area contributed by atoms with Crippen LogP contribution in [0.3, 0.4) is 0 Å². The minimum Gasteiger partial charge on any atom is -0.480 e. The normalized spacial score (nSPS) is 30.1. The molecule has 2 amide bonds. The number of carbonyl (C=O) groups excluding carboxylic acids is 1. The molecular weight excluding hydrogens is 260 g/mol. The molecule has 0 bridgehead atoms. The fraction of sp³-hybridized carbons (Fsp3) is 0.857. The average molecular weight is 284 g/mol. The van der Waals surface area contributed by atoms with Crippen molar-refractivity contribution < 1.29 is 19.8 Å². The van der Waals surface area contributed by atoms with Gasteiger partial charge in [0.1, 0.15) is 6.04 Å². The number of unbranched alkanes of at least 4 members (excludes halogenated alkanes) is 1. The summed E-state index contributed by atoms with van der Waals surface area (Å²) < 4.78 is 0. The smallest absolute Gasteiger partial charge is 0.326 e. The molecule has 1 saturated carbocycles. The Morgan fingerprint density at radius 3 is 2.70 bits per heavy atom. The van der Waals surface area contributed by atoms with Gasteiger partial charge in [-0.15, -0.1) is 0 Å². The van der Waals surface area contributed by atoms with E-state index >= 15 is 0 Å². The van der Waals surface area contributed by atoms with Crippen molar-refractivity contribution in [2.45, 2.75) is 51.2 Å². The van der Waals surface area contributed by atoms with Gasteiger partial charge in [0.15, 0.2) is 0 Å². The summed E-state index contributed by atoms with van der Waals surface area (Å²) in [4.78, 5) is 24.9. The maximum absolute atomic E-state index is 12.1. The molecule has 3 N–H and O–H groups in total. The number of likely N-dealkylation sites (tertiary alicyclic amines) is 1. The summed E-state index contributed by atoms with van der Waals surface area (Å²) in [6.07, 6.45) is 3.60. The first-order valence-electron chi connectivity index (χ1n) is 7.49. The Morgan fingerprint density at radius 2 is 2.10 bits per heavy atom. The van der Waals surface area contributed by atoms with E-state index < -0.39 is 12.0 Å². The molecule has 114 valence electrons. The number of amides is 2. The number of hydrogen-bond acceptors (Lipinski definition) is 3. The van der Waals surface area contributed by atoms with Gasteiger partial charge in [0, 0.05) is 19.0 Å². The molecule has 2 rings (SSSR count). The summed E-state index contributed by atoms with van der Waals surface area (Å²) in [5.74, 6) is -0.444. The van der Waals surface area contributed by atoms with Crippen molar-refractivity contribution >= 4 is 12.0 Å². The van der Waals surface area contributed by atoms with Gasteiger partial charge in [-0.1, -0.05) is 19.8 Å². The number of carboxylic acid groups (broad SMARTS) is 1. The highest BCUT2D eigenvalue weighted by molar-refractivity contribution is 5.82. The molecule has 4 atom stereocenters. The fourth-order valence-electron chi connectivity index (χ4n) is 3.31. The zero-order valence-corrected chi connectivity index (χ0v) is 11.9. The summed E-state index contributed by atoms with van der Waals surface area (Å²) in [5, 5.41) is 21.6. The molecule has 20 heavy (non-hydrogen) atoms. The lowest BCUT2D eigenvalue weighted by molar-refractivity contribution is -0.139. The van der Waals surface area contributed by atoms with Gasteiger partial charge in [0.25, 0.3) is 0 Å². The Morgan fingerprint density at radius 1 is 1.35 bits per heavy atom. The van der Waals surface area contributed by atoms with Gasteiger partial charge in [0.05, 0.1) is 6.10 Å². The summed E-state index contributed by atoms with van der Waals surface area (Å²) in [6, 6.07) is -1.12. The van der Waals surface area contributed by atoms with Crippen molar-refractivity contribution in [3.05, 3.63) is 0 Å². The van der Waals surface area contributed by atoms with Gasteiger partial charge in [-0.25, -0.2) is 9.59 Å². The lowest BCUT2D eigenvalue weighted by Gasteiger charge is -2.22. The number of hydrogen-bond donors (Lipinski definition) is 3. The van der Waals surface area contributed by atoms with Gasteiger partial charge in [0.2, 0.25) is 0 Å². The number of urea groups is 1. The van der Waals surface area contributed by atoms with Crippen LogP contribution in [-0.4, -0.2) is 52.3 Å². The minimum atomic E-state index is -0.980. The number of carbonyl (C=O) groups is 2. The molecule has 0 aromatic rings. The maximum Gasteiger partial charge on any atom is 0.326 e. The van der Waals surface area contributed by atoms with Gasteiger partial charge in [-0.3, -0.25) is 0 Å². The quantitative estimate of drug-likeness (QED) is 0.703. The topological polar surface area (TPSA) is 89.9 Å². The zero-order valence-electron chi connectivity index (χ0n) is 11.9. The van der Waals surface area contributed by atoms with Crippen molar-refractivity contribution in [2.75, 3.05) is 13.1 Å². The third-order valence-corrected chi connectivity index (χ3v) is 4.55. The van der Waals surface area contributed by atoms with E-state index in [1.54, 1.807) is 4.90 Å². The Labute approximate surface area is 119 Å². The largest absolute Gasteiger partial charge is 0.480 e. The van der Waals surface area contributed by atoms with Crippen molar-refractivity contribution in [3.63, 3.8) is 0 Å². The standard InChI is InChI=1S/C14H24N2O4/c1-2-3-4-11(13(18)19)15-14(20)16-7-9-5-6-12(17)10(9)8-16/h9-12,17H,2-8H2,1H3,(H,15,20)(H,18,19)/t9?,10?,11-,12?/m0/s1. The number of aliphatic carboxylic acids is 1. The van der Waals surface area contributed by atoms with E-state index in [9.17, 15) is 14.7 Å². The summed E-state index contributed by atoms with van der Waals surface area (Å²) in [5.41, 5.74) is 0. The second-order valence-corrected chi connectivity index (χ2v) is 5.96. The highest BCUT2D eigenvalue weighted by Crippen LogP contribution is 2.37. The van der Waals surface area contributed by atoms with Gasteiger partial charge in [-0.05, 0) is 25.2 Å². The van der Waals surface area contributed by atoms with Crippen molar-refractivity contribution in [1.82, 2.24) is 10.2 Å². The summed E-state index contributed by atoms with van der Waals surface area (Å²) >= 11 is 0. The van der Waals surface area contributed by atoms with E-state index in [4.69, 9.17) is 5.11 Å². The van der Waals surface area contributed by atoms with Gasteiger partial charge >= 0.3 is 12.0 Å². The maximum atomic E-state index is 12.1. The molecule has 2 fully saturated rings. The number of rotatable bonds is 5. The Hall–Kier alpha value is -1.30. The van der Waals surface area contributed by atoms with Crippen LogP contribution in [0.25, 0.3) is 0 Å². The number of carboxylic acids is 1. The molecule has 1 aliphatic carbocycles. The molecule has 6 heteroatoms. The SMILES string of the molecule is CCCC[C@H](NC(=O)N1CC2CCC(O)C2C1)C(=O)O. The summed E-state index contributed by atoms with van der Waals surface area (Å²) in [6.45, 7) is 3.16. The molecule has 0 aromatic heterocycles. The van der Waals surface area contributed by atoms with Crippen LogP contribution in [-0.2, 0) is 4.79 Å². The molecule has 0 spiro atoms. The van der Waals surface area contributed by atoms with Crippen LogP contribution in [0.2, 0.25) is 0 Å². The Balaban J connectivity index is 1.86. The lowest BCUT2D eigenvalue weighted by atomic mass is 10.00. The number of aliphatic hydroxyl groups excluding tert-OH is 1. The van der Waals surface area contributed by atoms with Crippen LogP contribution in [0.4, 0.5) is 4.79 Å². The van der Waals surface area contributed by atoms with Crippen molar-refractivity contribution in [3.8, 4) is 0 Å². The van der Waals surface area contributed by atoms with E-state index in [0.29, 0.717) is 25.4 Å². The fourth-order valence-corrected chi connectivity index (χ4v) is 3.31. The predicted molar refractivity (Wildman–Crippen MR) is 73.3 cm³/mol. The second-order valence-electron chi connectivity index (χ2n) is 5.96. The number of fused-ring (bicyclic) bond motifs is 1. The van der Waals surface area contributed by atoms with Crippen LogP contribution < -0.4 is 5.32 Å². The lowest BCUT2D eigenvalue weighted by Crippen LogP contribution is -2.47. The minimum absolute atomic E-state index is 0.166. The van der Waals surface area contributed by atoms with Crippen LogP contribution >= 0.6 is 0 Å². The molecule has 1 heterocycles. The Kier molecular flexibility index (Phi) is 4.86. The highest BCUT2D eigenvalue weighted by atomic mass is 16.4. The molecular formula is C14H24N2O4. The second kappa shape index (κ2) is 6.43. The number of nitrogens with one attached hydrogen (secondary N) is 1. The third kappa shape index (κ3) is 3.23. The summed E-state index contributed by atoms with van der Waals surface area (Å²) in [7, 11) is 0. The van der Waals surface area contributed by atoms with Crippen LogP contribution in [0.15, 0.2) is 0 Å². The number of aliphatic hydroxyl groups is 1. The van der Waals surface area contributed by atoms with E-state index in [0.717, 1.165) is 25.7 Å². The van der Waals surface area contributed by atoms with Crippen molar-refractivity contribution in [1.29, 1.82) is 0 Å². The van der Waals surface area contributed by atoms with Crippen LogP contribution in [0.1, 0.15) is 39.0 Å². The predicted octanol–water partition coefficient (Wildman–Crippen LogP) is 1.04. The molecule has 2 aliphatic rings. The Bertz CT molecular complexity index is 374. The first-order valence-corrected chi connectivity index (χ1v) is 7.49. The first-order chi connectivity index (χ1) is 9.52. The van der Waals surface area contributed by atoms with E-state index in [2.05, 4.69) is 5.32 Å². The van der Waals surface area contributed by atoms with E-state index in [-0.39, 0.29) is 18.1 Å².